The van der Waals surface area contributed by atoms with Crippen LogP contribution in [0.2, 0.25) is 0 Å². The number of hydrogen-bond acceptors (Lipinski definition) is 4. The van der Waals surface area contributed by atoms with Gasteiger partial charge in [-0.1, -0.05) is 55.1 Å². The molecule has 0 spiro atoms. The van der Waals surface area contributed by atoms with Crippen LogP contribution in [0, 0.1) is 0 Å². The summed E-state index contributed by atoms with van der Waals surface area (Å²) in [4.78, 5) is 24.8. The quantitative estimate of drug-likeness (QED) is 0.240. The van der Waals surface area contributed by atoms with Gasteiger partial charge in [-0.05, 0) is 61.5 Å². The molecular weight excluding hydrogens is 490 g/mol. The lowest BCUT2D eigenvalue weighted by atomic mass is 10.2. The molecule has 32 heavy (non-hydrogen) atoms. The number of benzene rings is 2. The summed E-state index contributed by atoms with van der Waals surface area (Å²) in [5.41, 5.74) is 1.73. The number of ether oxygens (including phenoxy) is 1. The first kappa shape index (κ1) is 25.8. The van der Waals surface area contributed by atoms with Gasteiger partial charge in [0.2, 0.25) is 5.91 Å². The van der Waals surface area contributed by atoms with Gasteiger partial charge in [-0.2, -0.15) is 0 Å². The maximum absolute atomic E-state index is 12.8. The van der Waals surface area contributed by atoms with Crippen molar-refractivity contribution in [2.75, 3.05) is 17.2 Å². The van der Waals surface area contributed by atoms with E-state index in [-0.39, 0.29) is 16.9 Å². The van der Waals surface area contributed by atoms with Crippen LogP contribution >= 0.6 is 28.1 Å². The SMILES string of the molecule is CCCCCC(=O)Nc1cccc(NC(=S)NC(=O)c2cc(Br)ccc2OCCCC)c1. The summed E-state index contributed by atoms with van der Waals surface area (Å²) in [6, 6.07) is 12.5. The Morgan fingerprint density at radius 1 is 0.969 bits per heavy atom. The normalized spacial score (nSPS) is 10.3. The van der Waals surface area contributed by atoms with Crippen LogP contribution < -0.4 is 20.7 Å². The van der Waals surface area contributed by atoms with Crippen LogP contribution in [0.4, 0.5) is 11.4 Å². The van der Waals surface area contributed by atoms with Gasteiger partial charge in [-0.3, -0.25) is 14.9 Å². The second-order valence-corrected chi connectivity index (χ2v) is 8.66. The van der Waals surface area contributed by atoms with Crippen LogP contribution in [0.3, 0.4) is 0 Å². The van der Waals surface area contributed by atoms with Gasteiger partial charge in [0.05, 0.1) is 12.2 Å². The van der Waals surface area contributed by atoms with E-state index in [1.807, 2.05) is 24.3 Å². The molecule has 0 aliphatic carbocycles. The first-order valence-corrected chi connectivity index (χ1v) is 12.1. The number of amides is 2. The third-order valence-corrected chi connectivity index (χ3v) is 5.28. The van der Waals surface area contributed by atoms with Gasteiger partial charge in [0.25, 0.3) is 5.91 Å². The van der Waals surface area contributed by atoms with E-state index in [4.69, 9.17) is 17.0 Å². The van der Waals surface area contributed by atoms with Crippen LogP contribution in [0.5, 0.6) is 5.75 Å². The van der Waals surface area contributed by atoms with Crippen molar-refractivity contribution in [3.63, 3.8) is 0 Å². The van der Waals surface area contributed by atoms with Gasteiger partial charge >= 0.3 is 0 Å². The second-order valence-electron chi connectivity index (χ2n) is 7.34. The minimum Gasteiger partial charge on any atom is -0.493 e. The Morgan fingerprint density at radius 3 is 2.41 bits per heavy atom. The first-order valence-electron chi connectivity index (χ1n) is 10.9. The van der Waals surface area contributed by atoms with E-state index >= 15 is 0 Å². The molecule has 0 saturated carbocycles. The lowest BCUT2D eigenvalue weighted by molar-refractivity contribution is -0.116. The molecule has 0 heterocycles. The molecule has 2 rings (SSSR count). The molecule has 2 amide bonds. The summed E-state index contributed by atoms with van der Waals surface area (Å²) in [7, 11) is 0. The average molecular weight is 520 g/mol. The summed E-state index contributed by atoms with van der Waals surface area (Å²) in [6.45, 7) is 4.72. The molecule has 0 aliphatic heterocycles. The third kappa shape index (κ3) is 8.96. The van der Waals surface area contributed by atoms with E-state index in [0.29, 0.717) is 35.7 Å². The largest absolute Gasteiger partial charge is 0.493 e. The molecule has 0 fully saturated rings. The second kappa shape index (κ2) is 13.9. The molecule has 0 aromatic heterocycles. The molecule has 172 valence electrons. The summed E-state index contributed by atoms with van der Waals surface area (Å²) < 4.78 is 6.53. The number of carbonyl (C=O) groups excluding carboxylic acids is 2. The maximum atomic E-state index is 12.8. The molecule has 0 bridgehead atoms. The van der Waals surface area contributed by atoms with Crippen molar-refractivity contribution in [2.24, 2.45) is 0 Å². The van der Waals surface area contributed by atoms with E-state index in [0.717, 1.165) is 36.6 Å². The van der Waals surface area contributed by atoms with Crippen molar-refractivity contribution >= 4 is 56.4 Å². The smallest absolute Gasteiger partial charge is 0.261 e. The Hall–Kier alpha value is -2.45. The zero-order valence-corrected chi connectivity index (χ0v) is 20.9. The van der Waals surface area contributed by atoms with Crippen molar-refractivity contribution in [2.45, 2.75) is 52.4 Å². The van der Waals surface area contributed by atoms with Gasteiger partial charge in [0, 0.05) is 22.3 Å². The molecule has 6 nitrogen and oxygen atoms in total. The highest BCUT2D eigenvalue weighted by Gasteiger charge is 2.15. The number of thiocarbonyl (C=S) groups is 1. The van der Waals surface area contributed by atoms with Crippen LogP contribution in [-0.4, -0.2) is 23.5 Å². The fourth-order valence-electron chi connectivity index (χ4n) is 2.90. The van der Waals surface area contributed by atoms with Gasteiger partial charge in [-0.15, -0.1) is 0 Å². The molecule has 0 atom stereocenters. The Bertz CT molecular complexity index is 936. The lowest BCUT2D eigenvalue weighted by Crippen LogP contribution is -2.34. The topological polar surface area (TPSA) is 79.5 Å². The number of anilines is 2. The van der Waals surface area contributed by atoms with E-state index in [2.05, 4.69) is 45.7 Å². The standard InChI is InChI=1S/C24H30BrN3O3S/c1-3-5-7-11-22(29)26-18-9-8-10-19(16-18)27-24(32)28-23(30)20-15-17(25)12-13-21(20)31-14-6-4-2/h8-10,12-13,15-16H,3-7,11,14H2,1-2H3,(H,26,29)(H2,27,28,30,32). The Kier molecular flexibility index (Phi) is 11.2. The van der Waals surface area contributed by atoms with E-state index in [1.54, 1.807) is 18.2 Å². The molecule has 3 N–H and O–H groups in total. The summed E-state index contributed by atoms with van der Waals surface area (Å²) in [5, 5.41) is 8.72. The highest BCUT2D eigenvalue weighted by molar-refractivity contribution is 9.10. The van der Waals surface area contributed by atoms with Gasteiger partial charge < -0.3 is 15.4 Å². The van der Waals surface area contributed by atoms with Crippen LogP contribution in [-0.2, 0) is 4.79 Å². The minimum absolute atomic E-state index is 0.0169. The Balaban J connectivity index is 1.97. The van der Waals surface area contributed by atoms with Gasteiger partial charge in [0.1, 0.15) is 5.75 Å². The molecular formula is C24H30BrN3O3S. The van der Waals surface area contributed by atoms with Crippen LogP contribution in [0.1, 0.15) is 62.7 Å². The van der Waals surface area contributed by atoms with Crippen molar-refractivity contribution in [1.29, 1.82) is 0 Å². The number of nitrogens with one attached hydrogen (secondary N) is 3. The lowest BCUT2D eigenvalue weighted by Gasteiger charge is -2.14. The highest BCUT2D eigenvalue weighted by atomic mass is 79.9. The predicted octanol–water partition coefficient (Wildman–Crippen LogP) is 6.27. The Morgan fingerprint density at radius 2 is 1.69 bits per heavy atom. The predicted molar refractivity (Wildman–Crippen MR) is 137 cm³/mol. The fourth-order valence-corrected chi connectivity index (χ4v) is 3.47. The summed E-state index contributed by atoms with van der Waals surface area (Å²) in [6.07, 6.45) is 5.38. The van der Waals surface area contributed by atoms with Gasteiger partial charge in [0.15, 0.2) is 5.11 Å². The number of halogens is 1. The maximum Gasteiger partial charge on any atom is 0.261 e. The molecule has 2 aromatic rings. The summed E-state index contributed by atoms with van der Waals surface area (Å²) >= 11 is 8.71. The molecule has 0 aliphatic rings. The number of carbonyl (C=O) groups is 2. The van der Waals surface area contributed by atoms with Crippen molar-refractivity contribution in [3.8, 4) is 5.75 Å². The highest BCUT2D eigenvalue weighted by Crippen LogP contribution is 2.24. The van der Waals surface area contributed by atoms with E-state index in [9.17, 15) is 9.59 Å². The minimum atomic E-state index is -0.365. The van der Waals surface area contributed by atoms with Gasteiger partial charge in [-0.25, -0.2) is 0 Å². The summed E-state index contributed by atoms with van der Waals surface area (Å²) in [5.74, 6) is 0.127. The fraction of sp³-hybridized carbons (Fsp3) is 0.375. The third-order valence-electron chi connectivity index (χ3n) is 4.58. The van der Waals surface area contributed by atoms with Crippen molar-refractivity contribution in [1.82, 2.24) is 5.32 Å². The zero-order valence-electron chi connectivity index (χ0n) is 18.5. The molecule has 0 unspecified atom stereocenters. The van der Waals surface area contributed by atoms with Crippen molar-refractivity contribution < 1.29 is 14.3 Å². The molecule has 2 aromatic carbocycles. The number of hydrogen-bond donors (Lipinski definition) is 3. The Labute approximate surface area is 203 Å². The zero-order chi connectivity index (χ0) is 23.3. The first-order chi connectivity index (χ1) is 15.4. The molecule has 0 saturated heterocycles. The molecule has 8 heteroatoms. The van der Waals surface area contributed by atoms with Crippen molar-refractivity contribution in [3.05, 3.63) is 52.5 Å². The molecule has 0 radical (unpaired) electrons. The monoisotopic (exact) mass is 519 g/mol. The number of unbranched alkanes of at least 4 members (excludes halogenated alkanes) is 3. The van der Waals surface area contributed by atoms with Crippen LogP contribution in [0.15, 0.2) is 46.9 Å². The van der Waals surface area contributed by atoms with E-state index < -0.39 is 0 Å². The average Bonchev–Trinajstić information content (AvgIpc) is 2.75. The number of rotatable bonds is 11. The van der Waals surface area contributed by atoms with Crippen LogP contribution in [0.25, 0.3) is 0 Å². The van der Waals surface area contributed by atoms with E-state index in [1.165, 1.54) is 0 Å².